The summed E-state index contributed by atoms with van der Waals surface area (Å²) in [4.78, 5) is 44.1. The Labute approximate surface area is 149 Å². The third-order valence-electron chi connectivity index (χ3n) is 4.50. The summed E-state index contributed by atoms with van der Waals surface area (Å²) in [6, 6.07) is 0. The van der Waals surface area contributed by atoms with Gasteiger partial charge in [0.2, 0.25) is 0 Å². The smallest absolute Gasteiger partial charge is 0.271 e. The van der Waals surface area contributed by atoms with Crippen LogP contribution in [0.5, 0.6) is 0 Å². The highest BCUT2D eigenvalue weighted by molar-refractivity contribution is 5.96. The van der Waals surface area contributed by atoms with Gasteiger partial charge in [-0.1, -0.05) is 5.16 Å². The highest BCUT2D eigenvalue weighted by atomic mass is 16.5. The second-order valence-electron chi connectivity index (χ2n) is 6.48. The van der Waals surface area contributed by atoms with Gasteiger partial charge in [-0.3, -0.25) is 19.4 Å². The molecule has 0 aromatic carbocycles. The van der Waals surface area contributed by atoms with Crippen molar-refractivity contribution < 1.29 is 14.1 Å². The first-order chi connectivity index (χ1) is 12.5. The van der Waals surface area contributed by atoms with Crippen LogP contribution in [0.4, 0.5) is 0 Å². The summed E-state index contributed by atoms with van der Waals surface area (Å²) in [6.45, 7) is 5.00. The van der Waals surface area contributed by atoms with Gasteiger partial charge in [-0.05, 0) is 32.6 Å². The minimum atomic E-state index is -0.406. The van der Waals surface area contributed by atoms with Crippen LogP contribution in [0.2, 0.25) is 0 Å². The molecule has 2 amide bonds. The van der Waals surface area contributed by atoms with E-state index in [0.29, 0.717) is 36.7 Å². The Bertz CT molecular complexity index is 853. The van der Waals surface area contributed by atoms with Crippen molar-refractivity contribution in [2.24, 2.45) is 5.92 Å². The van der Waals surface area contributed by atoms with Crippen molar-refractivity contribution in [3.05, 3.63) is 45.5 Å². The molecule has 3 rings (SSSR count). The number of amides is 2. The molecule has 9 heteroatoms. The van der Waals surface area contributed by atoms with Crippen LogP contribution in [0, 0.1) is 19.8 Å². The number of nitrogens with one attached hydrogen (secondary N) is 2. The lowest BCUT2D eigenvalue weighted by molar-refractivity contribution is 0.0664. The normalized spacial score (nSPS) is 17.2. The van der Waals surface area contributed by atoms with Gasteiger partial charge in [0.05, 0.1) is 18.1 Å². The second-order valence-corrected chi connectivity index (χ2v) is 6.48. The van der Waals surface area contributed by atoms with E-state index in [1.807, 2.05) is 0 Å². The summed E-state index contributed by atoms with van der Waals surface area (Å²) in [5.41, 5.74) is 0.789. The van der Waals surface area contributed by atoms with Crippen molar-refractivity contribution in [2.45, 2.75) is 26.7 Å². The van der Waals surface area contributed by atoms with Crippen LogP contribution in [-0.2, 0) is 0 Å². The van der Waals surface area contributed by atoms with E-state index in [0.717, 1.165) is 19.0 Å². The molecule has 1 unspecified atom stereocenters. The van der Waals surface area contributed by atoms with E-state index in [1.165, 1.54) is 6.20 Å². The monoisotopic (exact) mass is 359 g/mol. The second kappa shape index (κ2) is 7.51. The minimum absolute atomic E-state index is 0.139. The number of rotatable bonds is 4. The number of carbonyl (C=O) groups excluding carboxylic acids is 2. The first kappa shape index (κ1) is 17.8. The standard InChI is InChI=1S/C17H21N5O4/c1-10-15(11(2)26-21-10)16(24)19-6-12-4-3-5-22(9-12)17(25)13-7-18-8-14(23)20-13/h7-8,12H,3-6,9H2,1-2H3,(H,19,24)(H,20,23). The summed E-state index contributed by atoms with van der Waals surface area (Å²) in [5.74, 6) is 0.153. The van der Waals surface area contributed by atoms with Crippen LogP contribution >= 0.6 is 0 Å². The molecule has 1 aliphatic heterocycles. The van der Waals surface area contributed by atoms with Crippen LogP contribution in [0.15, 0.2) is 21.7 Å². The predicted octanol–water partition coefficient (Wildman–Crippen LogP) is 0.657. The molecule has 0 saturated carbocycles. The summed E-state index contributed by atoms with van der Waals surface area (Å²) in [5, 5.41) is 6.68. The SMILES string of the molecule is Cc1noc(C)c1C(=O)NCC1CCCN(C(=O)c2cncc(=O)[nH]2)C1. The van der Waals surface area contributed by atoms with E-state index in [4.69, 9.17) is 4.52 Å². The molecular weight excluding hydrogens is 338 g/mol. The van der Waals surface area contributed by atoms with Crippen LogP contribution in [-0.4, -0.2) is 51.5 Å². The van der Waals surface area contributed by atoms with E-state index in [-0.39, 0.29) is 23.4 Å². The average Bonchev–Trinajstić information content (AvgIpc) is 2.98. The molecule has 1 atom stereocenters. The Morgan fingerprint density at radius 2 is 2.19 bits per heavy atom. The van der Waals surface area contributed by atoms with E-state index >= 15 is 0 Å². The van der Waals surface area contributed by atoms with Gasteiger partial charge in [0.25, 0.3) is 17.4 Å². The van der Waals surface area contributed by atoms with Gasteiger partial charge in [-0.25, -0.2) is 0 Å². The van der Waals surface area contributed by atoms with Crippen LogP contribution in [0.3, 0.4) is 0 Å². The maximum atomic E-state index is 12.5. The van der Waals surface area contributed by atoms with Gasteiger partial charge in [-0.2, -0.15) is 0 Å². The number of aryl methyl sites for hydroxylation is 2. The molecule has 26 heavy (non-hydrogen) atoms. The number of H-pyrrole nitrogens is 1. The lowest BCUT2D eigenvalue weighted by Gasteiger charge is -2.32. The molecule has 1 aliphatic rings. The highest BCUT2D eigenvalue weighted by Crippen LogP contribution is 2.18. The lowest BCUT2D eigenvalue weighted by atomic mass is 9.97. The number of carbonyl (C=O) groups is 2. The molecule has 1 fully saturated rings. The topological polar surface area (TPSA) is 121 Å². The molecule has 3 heterocycles. The Morgan fingerprint density at radius 3 is 2.88 bits per heavy atom. The molecule has 0 aliphatic carbocycles. The fourth-order valence-electron chi connectivity index (χ4n) is 3.20. The van der Waals surface area contributed by atoms with Gasteiger partial charge in [0, 0.05) is 19.6 Å². The number of hydrogen-bond donors (Lipinski definition) is 2. The third kappa shape index (κ3) is 3.81. The quantitative estimate of drug-likeness (QED) is 0.827. The molecule has 138 valence electrons. The fourth-order valence-corrected chi connectivity index (χ4v) is 3.20. The predicted molar refractivity (Wildman–Crippen MR) is 91.8 cm³/mol. The Morgan fingerprint density at radius 1 is 1.38 bits per heavy atom. The molecular formula is C17H21N5O4. The summed E-state index contributed by atoms with van der Waals surface area (Å²) >= 11 is 0. The molecule has 0 radical (unpaired) electrons. The van der Waals surface area contributed by atoms with Crippen molar-refractivity contribution in [1.82, 2.24) is 25.3 Å². The van der Waals surface area contributed by atoms with Gasteiger partial charge in [0.15, 0.2) is 0 Å². The first-order valence-electron chi connectivity index (χ1n) is 8.50. The lowest BCUT2D eigenvalue weighted by Crippen LogP contribution is -2.44. The van der Waals surface area contributed by atoms with Gasteiger partial charge < -0.3 is 19.7 Å². The van der Waals surface area contributed by atoms with Crippen molar-refractivity contribution in [2.75, 3.05) is 19.6 Å². The molecule has 1 saturated heterocycles. The van der Waals surface area contributed by atoms with Gasteiger partial charge in [0.1, 0.15) is 17.0 Å². The number of aromatic nitrogens is 3. The van der Waals surface area contributed by atoms with Crippen LogP contribution in [0.25, 0.3) is 0 Å². The Hall–Kier alpha value is -2.97. The molecule has 0 bridgehead atoms. The fraction of sp³-hybridized carbons (Fsp3) is 0.471. The Balaban J connectivity index is 1.59. The van der Waals surface area contributed by atoms with E-state index in [1.54, 1.807) is 18.7 Å². The number of piperidine rings is 1. The zero-order valence-electron chi connectivity index (χ0n) is 14.7. The number of nitrogens with zero attached hydrogens (tertiary/aromatic N) is 3. The summed E-state index contributed by atoms with van der Waals surface area (Å²) in [7, 11) is 0. The van der Waals surface area contributed by atoms with Crippen LogP contribution < -0.4 is 10.9 Å². The van der Waals surface area contributed by atoms with E-state index < -0.39 is 5.56 Å². The van der Waals surface area contributed by atoms with Crippen LogP contribution in [0.1, 0.15) is 45.1 Å². The van der Waals surface area contributed by atoms with Gasteiger partial charge in [-0.15, -0.1) is 0 Å². The molecule has 9 nitrogen and oxygen atoms in total. The summed E-state index contributed by atoms with van der Waals surface area (Å²) in [6.07, 6.45) is 4.23. The molecule has 2 aromatic heterocycles. The molecule has 2 aromatic rings. The van der Waals surface area contributed by atoms with E-state index in [9.17, 15) is 14.4 Å². The maximum Gasteiger partial charge on any atom is 0.271 e. The zero-order valence-corrected chi connectivity index (χ0v) is 14.7. The Kier molecular flexibility index (Phi) is 5.15. The molecule has 2 N–H and O–H groups in total. The van der Waals surface area contributed by atoms with E-state index in [2.05, 4.69) is 20.4 Å². The highest BCUT2D eigenvalue weighted by Gasteiger charge is 2.26. The van der Waals surface area contributed by atoms with Gasteiger partial charge >= 0.3 is 0 Å². The van der Waals surface area contributed by atoms with Crippen molar-refractivity contribution >= 4 is 11.8 Å². The summed E-state index contributed by atoms with van der Waals surface area (Å²) < 4.78 is 5.02. The molecule has 0 spiro atoms. The van der Waals surface area contributed by atoms with Crippen molar-refractivity contribution in [3.63, 3.8) is 0 Å². The minimum Gasteiger partial charge on any atom is -0.361 e. The average molecular weight is 359 g/mol. The zero-order chi connectivity index (χ0) is 18.7. The van der Waals surface area contributed by atoms with Crippen molar-refractivity contribution in [1.29, 1.82) is 0 Å². The number of aromatic amines is 1. The number of hydrogen-bond acceptors (Lipinski definition) is 6. The third-order valence-corrected chi connectivity index (χ3v) is 4.50. The number of likely N-dealkylation sites (tertiary alicyclic amines) is 1. The maximum absolute atomic E-state index is 12.5. The first-order valence-corrected chi connectivity index (χ1v) is 8.50. The van der Waals surface area contributed by atoms with Crippen molar-refractivity contribution in [3.8, 4) is 0 Å². The largest absolute Gasteiger partial charge is 0.361 e.